The first kappa shape index (κ1) is 9.49. The van der Waals surface area contributed by atoms with E-state index in [1.54, 1.807) is 0 Å². The lowest BCUT2D eigenvalue weighted by atomic mass is 10.1. The third kappa shape index (κ3) is 1.76. The van der Waals surface area contributed by atoms with Crippen LogP contribution >= 0.6 is 23.2 Å². The topological polar surface area (TPSA) is 17.1 Å². The minimum atomic E-state index is -0.642. The van der Waals surface area contributed by atoms with E-state index in [0.29, 0.717) is 0 Å². The van der Waals surface area contributed by atoms with Crippen LogP contribution in [0.1, 0.15) is 17.3 Å². The van der Waals surface area contributed by atoms with Gasteiger partial charge in [0.05, 0.1) is 15.6 Å². The summed E-state index contributed by atoms with van der Waals surface area (Å²) in [5, 5.41) is 0.294. The van der Waals surface area contributed by atoms with Gasteiger partial charge in [-0.05, 0) is 19.1 Å². The first-order valence-electron chi connectivity index (χ1n) is 3.18. The van der Waals surface area contributed by atoms with Crippen LogP contribution in [0.15, 0.2) is 12.1 Å². The highest BCUT2D eigenvalue weighted by Gasteiger charge is 2.10. The van der Waals surface area contributed by atoms with Crippen molar-refractivity contribution in [3.63, 3.8) is 0 Å². The van der Waals surface area contributed by atoms with Crippen LogP contribution in [-0.2, 0) is 0 Å². The average molecular weight is 207 g/mol. The Labute approximate surface area is 79.1 Å². The Morgan fingerprint density at radius 3 is 2.33 bits per heavy atom. The molecule has 12 heavy (non-hydrogen) atoms. The zero-order valence-electron chi connectivity index (χ0n) is 6.20. The fraction of sp³-hybridized carbons (Fsp3) is 0.125. The highest BCUT2D eigenvalue weighted by Crippen LogP contribution is 2.25. The Hall–Kier alpha value is -0.600. The molecule has 1 aromatic carbocycles. The van der Waals surface area contributed by atoms with Gasteiger partial charge in [0.15, 0.2) is 5.78 Å². The lowest BCUT2D eigenvalue weighted by molar-refractivity contribution is 0.101. The van der Waals surface area contributed by atoms with Crippen LogP contribution in [0.25, 0.3) is 0 Å². The van der Waals surface area contributed by atoms with E-state index in [1.807, 2.05) is 0 Å². The fourth-order valence-electron chi connectivity index (χ4n) is 0.792. The number of Topliss-reactive ketones (excluding diaryl/α,β-unsaturated/α-hetero) is 1. The number of ketones is 1. The summed E-state index contributed by atoms with van der Waals surface area (Å²) in [4.78, 5) is 10.8. The van der Waals surface area contributed by atoms with Gasteiger partial charge in [-0.25, -0.2) is 4.39 Å². The van der Waals surface area contributed by atoms with Gasteiger partial charge >= 0.3 is 0 Å². The molecule has 4 heteroatoms. The fourth-order valence-corrected chi connectivity index (χ4v) is 1.11. The quantitative estimate of drug-likeness (QED) is 0.509. The third-order valence-corrected chi connectivity index (χ3v) is 2.11. The second kappa shape index (κ2) is 3.42. The maximum absolute atomic E-state index is 12.9. The average Bonchev–Trinajstić information content (AvgIpc) is 1.96. The molecule has 0 aliphatic carbocycles. The zero-order valence-corrected chi connectivity index (χ0v) is 7.71. The van der Waals surface area contributed by atoms with Crippen molar-refractivity contribution in [3.8, 4) is 0 Å². The van der Waals surface area contributed by atoms with Gasteiger partial charge in [0.25, 0.3) is 0 Å². The van der Waals surface area contributed by atoms with E-state index in [4.69, 9.17) is 23.2 Å². The number of hydrogen-bond acceptors (Lipinski definition) is 1. The molecule has 1 aromatic rings. The van der Waals surface area contributed by atoms with E-state index in [1.165, 1.54) is 13.0 Å². The van der Waals surface area contributed by atoms with Crippen LogP contribution < -0.4 is 0 Å². The predicted octanol–water partition coefficient (Wildman–Crippen LogP) is 3.34. The zero-order chi connectivity index (χ0) is 9.30. The molecule has 0 unspecified atom stereocenters. The molecular formula is C8H5Cl2FO. The molecule has 0 amide bonds. The van der Waals surface area contributed by atoms with Gasteiger partial charge in [0.2, 0.25) is 0 Å². The second-order valence-electron chi connectivity index (χ2n) is 2.30. The van der Waals surface area contributed by atoms with E-state index < -0.39 is 5.82 Å². The molecule has 0 saturated heterocycles. The van der Waals surface area contributed by atoms with Crippen LogP contribution in [0.2, 0.25) is 10.0 Å². The molecule has 0 radical (unpaired) electrons. The summed E-state index contributed by atoms with van der Waals surface area (Å²) < 4.78 is 12.9. The molecule has 0 fully saturated rings. The van der Waals surface area contributed by atoms with Gasteiger partial charge in [0, 0.05) is 0 Å². The molecule has 1 rings (SSSR count). The SMILES string of the molecule is CC(=O)c1cc(Cl)c(Cl)cc1F. The summed E-state index contributed by atoms with van der Waals surface area (Å²) in [5.74, 6) is -1.01. The van der Waals surface area contributed by atoms with Crippen molar-refractivity contribution in [2.45, 2.75) is 6.92 Å². The van der Waals surface area contributed by atoms with Gasteiger partial charge in [-0.1, -0.05) is 23.2 Å². The van der Waals surface area contributed by atoms with Crippen molar-refractivity contribution < 1.29 is 9.18 Å². The molecule has 0 heterocycles. The van der Waals surface area contributed by atoms with Crippen LogP contribution in [0.3, 0.4) is 0 Å². The smallest absolute Gasteiger partial charge is 0.162 e. The van der Waals surface area contributed by atoms with Crippen molar-refractivity contribution in [3.05, 3.63) is 33.6 Å². The van der Waals surface area contributed by atoms with E-state index in [-0.39, 0.29) is 21.4 Å². The van der Waals surface area contributed by atoms with Gasteiger partial charge in [-0.2, -0.15) is 0 Å². The Morgan fingerprint density at radius 2 is 1.83 bits per heavy atom. The molecule has 0 atom stereocenters. The molecule has 0 aliphatic heterocycles. The van der Waals surface area contributed by atoms with Crippen LogP contribution in [-0.4, -0.2) is 5.78 Å². The van der Waals surface area contributed by atoms with Gasteiger partial charge in [0.1, 0.15) is 5.82 Å². The third-order valence-electron chi connectivity index (χ3n) is 1.39. The normalized spacial score (nSPS) is 10.0. The summed E-state index contributed by atoms with van der Waals surface area (Å²) in [6.45, 7) is 1.27. The van der Waals surface area contributed by atoms with E-state index >= 15 is 0 Å². The predicted molar refractivity (Wildman–Crippen MR) is 46.4 cm³/mol. The van der Waals surface area contributed by atoms with E-state index in [2.05, 4.69) is 0 Å². The Bertz CT molecular complexity index is 336. The standard InChI is InChI=1S/C8H5Cl2FO/c1-4(12)5-2-6(9)7(10)3-8(5)11/h2-3H,1H3. The summed E-state index contributed by atoms with van der Waals surface area (Å²) >= 11 is 11.1. The molecule has 1 nitrogen and oxygen atoms in total. The minimum absolute atomic E-state index is 0.0376. The van der Waals surface area contributed by atoms with E-state index in [0.717, 1.165) is 6.07 Å². The first-order chi connectivity index (χ1) is 5.52. The highest BCUT2D eigenvalue weighted by atomic mass is 35.5. The molecule has 0 aromatic heterocycles. The number of carbonyl (C=O) groups excluding carboxylic acids is 1. The van der Waals surface area contributed by atoms with Crippen molar-refractivity contribution >= 4 is 29.0 Å². The monoisotopic (exact) mass is 206 g/mol. The largest absolute Gasteiger partial charge is 0.294 e. The van der Waals surface area contributed by atoms with Crippen molar-refractivity contribution in [1.82, 2.24) is 0 Å². The first-order valence-corrected chi connectivity index (χ1v) is 3.93. The van der Waals surface area contributed by atoms with Crippen LogP contribution in [0.4, 0.5) is 4.39 Å². The molecule has 0 spiro atoms. The highest BCUT2D eigenvalue weighted by molar-refractivity contribution is 6.42. The number of rotatable bonds is 1. The summed E-state index contributed by atoms with van der Waals surface area (Å²) in [6.07, 6.45) is 0. The Morgan fingerprint density at radius 1 is 1.33 bits per heavy atom. The summed E-state index contributed by atoms with van der Waals surface area (Å²) in [6, 6.07) is 2.25. The number of carbonyl (C=O) groups is 1. The van der Waals surface area contributed by atoms with Gasteiger partial charge < -0.3 is 0 Å². The van der Waals surface area contributed by atoms with Crippen molar-refractivity contribution in [2.75, 3.05) is 0 Å². The lowest BCUT2D eigenvalue weighted by Crippen LogP contribution is -1.96. The number of hydrogen-bond donors (Lipinski definition) is 0. The molecule has 0 aliphatic rings. The Kier molecular flexibility index (Phi) is 2.70. The maximum atomic E-state index is 12.9. The second-order valence-corrected chi connectivity index (χ2v) is 3.12. The van der Waals surface area contributed by atoms with Gasteiger partial charge in [-0.3, -0.25) is 4.79 Å². The van der Waals surface area contributed by atoms with Crippen molar-refractivity contribution in [2.24, 2.45) is 0 Å². The summed E-state index contributed by atoms with van der Waals surface area (Å²) in [5.41, 5.74) is -0.0376. The molecule has 0 saturated carbocycles. The Balaban J connectivity index is 3.33. The lowest BCUT2D eigenvalue weighted by Gasteiger charge is -2.00. The summed E-state index contributed by atoms with van der Waals surface area (Å²) in [7, 11) is 0. The van der Waals surface area contributed by atoms with E-state index in [9.17, 15) is 9.18 Å². The minimum Gasteiger partial charge on any atom is -0.294 e. The maximum Gasteiger partial charge on any atom is 0.162 e. The molecule has 0 N–H and O–H groups in total. The number of benzene rings is 1. The van der Waals surface area contributed by atoms with Crippen molar-refractivity contribution in [1.29, 1.82) is 0 Å². The molecular weight excluding hydrogens is 202 g/mol. The van der Waals surface area contributed by atoms with Crippen LogP contribution in [0.5, 0.6) is 0 Å². The number of halogens is 3. The molecule has 0 bridgehead atoms. The molecule has 64 valence electrons. The van der Waals surface area contributed by atoms with Gasteiger partial charge in [-0.15, -0.1) is 0 Å². The van der Waals surface area contributed by atoms with Crippen LogP contribution in [0, 0.1) is 5.82 Å².